The van der Waals surface area contributed by atoms with Crippen molar-refractivity contribution in [3.05, 3.63) is 83.2 Å². The fourth-order valence-electron chi connectivity index (χ4n) is 5.47. The fourth-order valence-corrected chi connectivity index (χ4v) is 6.46. The highest BCUT2D eigenvalue weighted by atomic mass is 32.2. The molecule has 2 aromatic carbocycles. The minimum atomic E-state index is -4.14. The molecule has 0 fully saturated rings. The average Bonchev–Trinajstić information content (AvgIpc) is 3.42. The molecule has 0 saturated carbocycles. The van der Waals surface area contributed by atoms with E-state index in [4.69, 9.17) is 9.84 Å². The third kappa shape index (κ3) is 6.93. The predicted molar refractivity (Wildman–Crippen MR) is 170 cm³/mol. The molecule has 1 amide bonds. The first-order valence-corrected chi connectivity index (χ1v) is 16.2. The molecule has 0 spiro atoms. The number of rotatable bonds is 5. The van der Waals surface area contributed by atoms with Crippen LogP contribution in [0.15, 0.2) is 65.7 Å². The molecule has 0 saturated heterocycles. The van der Waals surface area contributed by atoms with E-state index in [0.717, 1.165) is 22.4 Å². The molecule has 1 aliphatic rings. The highest BCUT2D eigenvalue weighted by Gasteiger charge is 2.32. The second-order valence-corrected chi connectivity index (χ2v) is 14.5. The molecule has 2 aromatic heterocycles. The van der Waals surface area contributed by atoms with E-state index in [1.165, 1.54) is 12.1 Å². The van der Waals surface area contributed by atoms with Gasteiger partial charge < -0.3 is 9.64 Å². The lowest BCUT2D eigenvalue weighted by molar-refractivity contribution is 0.0508. The van der Waals surface area contributed by atoms with Gasteiger partial charge >= 0.3 is 0 Å². The molecular formula is C33H40N6O4S. The van der Waals surface area contributed by atoms with Crippen molar-refractivity contribution >= 4 is 21.9 Å². The number of carbonyl (C=O) groups is 1. The van der Waals surface area contributed by atoms with Crippen LogP contribution in [0, 0.1) is 19.3 Å². The Kier molecular flexibility index (Phi) is 8.53. The van der Waals surface area contributed by atoms with Crippen LogP contribution in [0.3, 0.4) is 0 Å². The number of nitrogens with one attached hydrogen (secondary N) is 1. The normalized spacial score (nSPS) is 16.9. The Labute approximate surface area is 259 Å². The van der Waals surface area contributed by atoms with E-state index >= 15 is 0 Å². The number of hydrogen-bond donors (Lipinski definition) is 1. The van der Waals surface area contributed by atoms with Crippen molar-refractivity contribution in [3.63, 3.8) is 0 Å². The Morgan fingerprint density at radius 3 is 2.39 bits per heavy atom. The van der Waals surface area contributed by atoms with Gasteiger partial charge in [0.15, 0.2) is 0 Å². The van der Waals surface area contributed by atoms with E-state index in [-0.39, 0.29) is 58.8 Å². The average molecular weight is 617 g/mol. The van der Waals surface area contributed by atoms with Crippen LogP contribution >= 0.6 is 0 Å². The van der Waals surface area contributed by atoms with Crippen LogP contribution in [0.2, 0.25) is 0 Å². The summed E-state index contributed by atoms with van der Waals surface area (Å²) in [5.41, 5.74) is 4.18. The van der Waals surface area contributed by atoms with E-state index in [0.29, 0.717) is 12.1 Å². The second-order valence-electron chi connectivity index (χ2n) is 12.9. The number of aryl methyl sites for hydroxylation is 2. The van der Waals surface area contributed by atoms with Crippen molar-refractivity contribution in [2.75, 3.05) is 11.3 Å². The maximum atomic E-state index is 14.3. The number of aromatic nitrogens is 4. The maximum Gasteiger partial charge on any atom is 0.264 e. The van der Waals surface area contributed by atoms with Gasteiger partial charge in [-0.1, -0.05) is 45.0 Å². The lowest BCUT2D eigenvalue weighted by Gasteiger charge is -2.35. The molecule has 4 bridgehead atoms. The summed E-state index contributed by atoms with van der Waals surface area (Å²) in [4.78, 5) is 25.0. The lowest BCUT2D eigenvalue weighted by atomic mass is 9.87. The summed E-state index contributed by atoms with van der Waals surface area (Å²) >= 11 is 0. The molecule has 11 heteroatoms. The van der Waals surface area contributed by atoms with Crippen LogP contribution in [-0.2, 0) is 16.6 Å². The third-order valence-electron chi connectivity index (χ3n) is 7.56. The Morgan fingerprint density at radius 1 is 1.02 bits per heavy atom. The molecule has 0 aliphatic carbocycles. The van der Waals surface area contributed by atoms with E-state index in [1.807, 2.05) is 62.8 Å². The first-order valence-electron chi connectivity index (χ1n) is 14.8. The number of hydrogen-bond acceptors (Lipinski definition) is 7. The summed E-state index contributed by atoms with van der Waals surface area (Å²) in [6.45, 7) is 14.7. The number of benzene rings is 2. The Bertz CT molecular complexity index is 1770. The van der Waals surface area contributed by atoms with Gasteiger partial charge in [-0.05, 0) is 74.9 Å². The van der Waals surface area contributed by atoms with Gasteiger partial charge in [0.2, 0.25) is 11.8 Å². The SMILES string of the molecule is Cc1cccc(C)c1-c1cc2nc(n1)NS(=O)(=O)c1cccc(c1)C(=O)N(Cc1ccn(C(C)C)n1)[C@H](CC(C)(C)C)CO2. The zero-order valence-corrected chi connectivity index (χ0v) is 27.1. The molecule has 0 radical (unpaired) electrons. The highest BCUT2D eigenvalue weighted by molar-refractivity contribution is 7.92. The summed E-state index contributed by atoms with van der Waals surface area (Å²) in [5.74, 6) is -0.219. The molecule has 1 atom stereocenters. The van der Waals surface area contributed by atoms with E-state index in [9.17, 15) is 13.2 Å². The Hall–Kier alpha value is -4.25. The quantitative estimate of drug-likeness (QED) is 0.284. The highest BCUT2D eigenvalue weighted by Crippen LogP contribution is 2.31. The maximum absolute atomic E-state index is 14.3. The molecule has 1 aliphatic heterocycles. The second kappa shape index (κ2) is 12.0. The van der Waals surface area contributed by atoms with Gasteiger partial charge in [0.05, 0.1) is 28.9 Å². The Balaban J connectivity index is 1.67. The number of sulfonamides is 1. The third-order valence-corrected chi connectivity index (χ3v) is 8.88. The van der Waals surface area contributed by atoms with Gasteiger partial charge in [-0.2, -0.15) is 10.1 Å². The smallest absolute Gasteiger partial charge is 0.264 e. The van der Waals surface area contributed by atoms with Crippen molar-refractivity contribution in [1.29, 1.82) is 0 Å². The van der Waals surface area contributed by atoms with Gasteiger partial charge in [0.25, 0.3) is 15.9 Å². The standard InChI is InChI=1S/C33H40N6O4S/c1-21(2)39-15-14-25(36-39)19-38-26(18-33(5,6)7)20-43-29-17-28(30-22(3)10-8-11-23(30)4)34-32(35-29)37-44(41,42)27-13-9-12-24(16-27)31(38)40/h8-17,21,26H,18-20H2,1-7H3,(H,34,35,37)/t26-/m1/s1. The monoisotopic (exact) mass is 616 g/mol. The largest absolute Gasteiger partial charge is 0.475 e. The van der Waals surface area contributed by atoms with Crippen LogP contribution in [0.25, 0.3) is 11.3 Å². The zero-order valence-electron chi connectivity index (χ0n) is 26.3. The minimum Gasteiger partial charge on any atom is -0.475 e. The van der Waals surface area contributed by atoms with Crippen LogP contribution < -0.4 is 9.46 Å². The van der Waals surface area contributed by atoms with Gasteiger partial charge in [-0.3, -0.25) is 9.48 Å². The van der Waals surface area contributed by atoms with Gasteiger partial charge in [-0.15, -0.1) is 0 Å². The van der Waals surface area contributed by atoms with E-state index in [1.54, 1.807) is 23.1 Å². The molecule has 5 rings (SSSR count). The molecule has 44 heavy (non-hydrogen) atoms. The van der Waals surface area contributed by atoms with E-state index < -0.39 is 10.0 Å². The molecular weight excluding hydrogens is 576 g/mol. The topological polar surface area (TPSA) is 119 Å². The number of amides is 1. The molecule has 1 N–H and O–H groups in total. The minimum absolute atomic E-state index is 0.0671. The molecule has 3 heterocycles. The summed E-state index contributed by atoms with van der Waals surface area (Å²) in [6.07, 6.45) is 2.51. The van der Waals surface area contributed by atoms with Crippen molar-refractivity contribution in [1.82, 2.24) is 24.6 Å². The van der Waals surface area contributed by atoms with E-state index in [2.05, 4.69) is 35.5 Å². The van der Waals surface area contributed by atoms with Gasteiger partial charge in [0, 0.05) is 29.4 Å². The molecule has 232 valence electrons. The van der Waals surface area contributed by atoms with Crippen LogP contribution in [0.1, 0.15) is 74.3 Å². The number of carbonyl (C=O) groups excluding carboxylic acids is 1. The number of ether oxygens (including phenoxy) is 1. The molecule has 0 unspecified atom stereocenters. The Morgan fingerprint density at radius 2 is 1.73 bits per heavy atom. The van der Waals surface area contributed by atoms with Gasteiger partial charge in [0.1, 0.15) is 6.61 Å². The number of anilines is 1. The fraction of sp³-hybridized carbons (Fsp3) is 0.394. The first-order chi connectivity index (χ1) is 20.7. The first kappa shape index (κ1) is 31.2. The predicted octanol–water partition coefficient (Wildman–Crippen LogP) is 6.18. The molecule has 10 nitrogen and oxygen atoms in total. The molecule has 4 aromatic rings. The lowest BCUT2D eigenvalue weighted by Crippen LogP contribution is -2.45. The zero-order chi connectivity index (χ0) is 31.8. The van der Waals surface area contributed by atoms with Crippen molar-refractivity contribution in [3.8, 4) is 17.1 Å². The number of fused-ring (bicyclic) bond motifs is 4. The summed E-state index contributed by atoms with van der Waals surface area (Å²) in [7, 11) is -4.14. The van der Waals surface area contributed by atoms with Crippen LogP contribution in [0.5, 0.6) is 5.88 Å². The number of nitrogens with zero attached hydrogens (tertiary/aromatic N) is 5. The summed E-state index contributed by atoms with van der Waals surface area (Å²) < 4.78 is 37.9. The van der Waals surface area contributed by atoms with Crippen LogP contribution in [-0.4, -0.2) is 51.6 Å². The van der Waals surface area contributed by atoms with Crippen molar-refractivity contribution < 1.29 is 17.9 Å². The summed E-state index contributed by atoms with van der Waals surface area (Å²) in [6, 6.07) is 15.4. The summed E-state index contributed by atoms with van der Waals surface area (Å²) in [5, 5.41) is 4.71. The van der Waals surface area contributed by atoms with Gasteiger partial charge in [-0.25, -0.2) is 18.1 Å². The van der Waals surface area contributed by atoms with Crippen molar-refractivity contribution in [2.45, 2.75) is 78.4 Å². The van der Waals surface area contributed by atoms with Crippen molar-refractivity contribution in [2.24, 2.45) is 5.41 Å². The van der Waals surface area contributed by atoms with Crippen LogP contribution in [0.4, 0.5) is 5.95 Å².